The van der Waals surface area contributed by atoms with Crippen molar-refractivity contribution in [2.24, 2.45) is 0 Å². The number of benzene rings is 3. The molecule has 3 aromatic rings. The molecule has 0 spiro atoms. The molecule has 2 aliphatic heterocycles. The Kier molecular flexibility index (Phi) is 6.55. The summed E-state index contributed by atoms with van der Waals surface area (Å²) in [6.45, 7) is 1.09. The lowest BCUT2D eigenvalue weighted by atomic mass is 9.94. The van der Waals surface area contributed by atoms with Crippen molar-refractivity contribution in [1.29, 1.82) is 0 Å². The Labute approximate surface area is 214 Å². The first-order valence-corrected chi connectivity index (χ1v) is 13.5. The molecule has 0 N–H and O–H groups in total. The third kappa shape index (κ3) is 4.38. The molecule has 3 aromatic carbocycles. The smallest absolute Gasteiger partial charge is 0.261 e. The molecule has 186 valence electrons. The number of hydrogen-bond donors (Lipinski definition) is 0. The highest BCUT2D eigenvalue weighted by Crippen LogP contribution is 2.30. The summed E-state index contributed by atoms with van der Waals surface area (Å²) in [5.74, 6) is -0.825. The number of imide groups is 1. The van der Waals surface area contributed by atoms with Crippen molar-refractivity contribution in [3.8, 4) is 0 Å². The van der Waals surface area contributed by atoms with Crippen molar-refractivity contribution in [2.75, 3.05) is 32.7 Å². The molecule has 0 aliphatic carbocycles. The second-order valence-corrected chi connectivity index (χ2v) is 11.2. The summed E-state index contributed by atoms with van der Waals surface area (Å²) in [7, 11) is -3.66. The molecule has 3 amide bonds. The van der Waals surface area contributed by atoms with Crippen molar-refractivity contribution >= 4 is 50.1 Å². The van der Waals surface area contributed by atoms with E-state index >= 15 is 0 Å². The van der Waals surface area contributed by atoms with Crippen molar-refractivity contribution in [1.82, 2.24) is 14.1 Å². The summed E-state index contributed by atoms with van der Waals surface area (Å²) in [6, 6.07) is 16.8. The Morgan fingerprint density at radius 1 is 0.833 bits per heavy atom. The third-order valence-electron chi connectivity index (χ3n) is 6.67. The lowest BCUT2D eigenvalue weighted by Gasteiger charge is -2.34. The Bertz CT molecular complexity index is 1410. The molecule has 0 atom stereocenters. The van der Waals surface area contributed by atoms with Gasteiger partial charge in [-0.05, 0) is 48.2 Å². The van der Waals surface area contributed by atoms with Gasteiger partial charge < -0.3 is 4.90 Å². The van der Waals surface area contributed by atoms with Crippen LogP contribution in [0.15, 0.2) is 65.6 Å². The van der Waals surface area contributed by atoms with Gasteiger partial charge in [-0.3, -0.25) is 19.3 Å². The van der Waals surface area contributed by atoms with Crippen molar-refractivity contribution < 1.29 is 22.8 Å². The molecular formula is C26H24ClN3O5S. The minimum atomic E-state index is -3.66. The molecule has 36 heavy (non-hydrogen) atoms. The van der Waals surface area contributed by atoms with Gasteiger partial charge in [-0.15, -0.1) is 0 Å². The van der Waals surface area contributed by atoms with Gasteiger partial charge in [-0.25, -0.2) is 8.42 Å². The van der Waals surface area contributed by atoms with Crippen LogP contribution in [0.5, 0.6) is 0 Å². The number of sulfonamides is 1. The summed E-state index contributed by atoms with van der Waals surface area (Å²) >= 11 is 5.86. The number of amides is 3. The van der Waals surface area contributed by atoms with E-state index in [0.717, 1.165) is 5.39 Å². The molecule has 8 nitrogen and oxygen atoms in total. The number of carbonyl (C=O) groups excluding carboxylic acids is 3. The Morgan fingerprint density at radius 2 is 1.42 bits per heavy atom. The lowest BCUT2D eigenvalue weighted by Crippen LogP contribution is -2.50. The summed E-state index contributed by atoms with van der Waals surface area (Å²) in [5.41, 5.74) is 0.985. The molecular weight excluding hydrogens is 502 g/mol. The highest BCUT2D eigenvalue weighted by molar-refractivity contribution is 7.89. The summed E-state index contributed by atoms with van der Waals surface area (Å²) < 4.78 is 27.1. The van der Waals surface area contributed by atoms with Crippen LogP contribution in [0.2, 0.25) is 5.02 Å². The van der Waals surface area contributed by atoms with Crippen molar-refractivity contribution in [2.45, 2.75) is 17.7 Å². The number of piperazine rings is 1. The van der Waals surface area contributed by atoms with E-state index in [2.05, 4.69) is 0 Å². The fourth-order valence-electron chi connectivity index (χ4n) is 4.76. The van der Waals surface area contributed by atoms with Crippen LogP contribution in [0, 0.1) is 0 Å². The van der Waals surface area contributed by atoms with Gasteiger partial charge in [0.25, 0.3) is 11.8 Å². The van der Waals surface area contributed by atoms with E-state index in [0.29, 0.717) is 28.0 Å². The van der Waals surface area contributed by atoms with Crippen LogP contribution in [-0.2, 0) is 14.8 Å². The molecule has 0 radical (unpaired) electrons. The maximum Gasteiger partial charge on any atom is 0.261 e. The van der Waals surface area contributed by atoms with Gasteiger partial charge in [0.05, 0.1) is 4.90 Å². The summed E-state index contributed by atoms with van der Waals surface area (Å²) in [4.78, 5) is 41.8. The molecule has 1 fully saturated rings. The second-order valence-electron chi connectivity index (χ2n) is 8.81. The summed E-state index contributed by atoms with van der Waals surface area (Å²) in [5, 5.41) is 1.98. The van der Waals surface area contributed by atoms with Gasteiger partial charge in [0.15, 0.2) is 0 Å². The SMILES string of the molecule is O=C(CCCN1C(=O)c2cccc3cccc(c23)C1=O)N1CCN(S(=O)(=O)c2ccc(Cl)cc2)CC1. The molecule has 2 aliphatic rings. The zero-order valence-corrected chi connectivity index (χ0v) is 21.0. The topological polar surface area (TPSA) is 95.1 Å². The van der Waals surface area contributed by atoms with Gasteiger partial charge in [-0.1, -0.05) is 35.9 Å². The maximum atomic E-state index is 13.0. The van der Waals surface area contributed by atoms with Gasteiger partial charge in [0.1, 0.15) is 0 Å². The Hall–Kier alpha value is -3.27. The Balaban J connectivity index is 1.17. The first kappa shape index (κ1) is 24.4. The predicted molar refractivity (Wildman–Crippen MR) is 135 cm³/mol. The minimum Gasteiger partial charge on any atom is -0.340 e. The molecule has 5 rings (SSSR count). The average Bonchev–Trinajstić information content (AvgIpc) is 2.89. The van der Waals surface area contributed by atoms with Gasteiger partial charge in [-0.2, -0.15) is 4.31 Å². The first-order valence-electron chi connectivity index (χ1n) is 11.7. The van der Waals surface area contributed by atoms with Crippen molar-refractivity contribution in [3.63, 3.8) is 0 Å². The second kappa shape index (κ2) is 9.65. The molecule has 0 aromatic heterocycles. The highest BCUT2D eigenvalue weighted by Gasteiger charge is 2.33. The van der Waals surface area contributed by atoms with Gasteiger partial charge >= 0.3 is 0 Å². The first-order chi connectivity index (χ1) is 17.3. The van der Waals surface area contributed by atoms with Crippen molar-refractivity contribution in [3.05, 3.63) is 76.8 Å². The van der Waals surface area contributed by atoms with Crippen LogP contribution in [0.4, 0.5) is 0 Å². The fraction of sp³-hybridized carbons (Fsp3) is 0.269. The maximum absolute atomic E-state index is 13.0. The molecule has 10 heteroatoms. The Morgan fingerprint density at radius 3 is 2.00 bits per heavy atom. The fourth-order valence-corrected chi connectivity index (χ4v) is 6.31. The number of hydrogen-bond acceptors (Lipinski definition) is 5. The number of rotatable bonds is 6. The number of nitrogens with zero attached hydrogens (tertiary/aromatic N) is 3. The van der Waals surface area contributed by atoms with E-state index in [1.54, 1.807) is 29.2 Å². The van der Waals surface area contributed by atoms with E-state index in [-0.39, 0.29) is 61.8 Å². The van der Waals surface area contributed by atoms with Crippen LogP contribution in [0.25, 0.3) is 10.8 Å². The van der Waals surface area contributed by atoms with Crippen LogP contribution >= 0.6 is 11.6 Å². The van der Waals surface area contributed by atoms with E-state index < -0.39 is 10.0 Å². The van der Waals surface area contributed by atoms with E-state index in [1.165, 1.54) is 33.5 Å². The zero-order valence-electron chi connectivity index (χ0n) is 19.4. The molecule has 0 unspecified atom stereocenters. The normalized spacial score (nSPS) is 16.6. The molecule has 2 heterocycles. The number of carbonyl (C=O) groups is 3. The van der Waals surface area contributed by atoms with E-state index in [1.807, 2.05) is 12.1 Å². The summed E-state index contributed by atoms with van der Waals surface area (Å²) in [6.07, 6.45) is 0.491. The van der Waals surface area contributed by atoms with Gasteiger partial charge in [0.2, 0.25) is 15.9 Å². The van der Waals surface area contributed by atoms with E-state index in [9.17, 15) is 22.8 Å². The van der Waals surface area contributed by atoms with E-state index in [4.69, 9.17) is 11.6 Å². The highest BCUT2D eigenvalue weighted by atomic mass is 35.5. The van der Waals surface area contributed by atoms with Crippen LogP contribution in [0.1, 0.15) is 33.6 Å². The van der Waals surface area contributed by atoms with Gasteiger partial charge in [0, 0.05) is 60.7 Å². The largest absolute Gasteiger partial charge is 0.340 e. The number of halogens is 1. The molecule has 0 saturated carbocycles. The predicted octanol–water partition coefficient (Wildman–Crippen LogP) is 3.40. The van der Waals surface area contributed by atoms with Crippen LogP contribution in [0.3, 0.4) is 0 Å². The standard InChI is InChI=1S/C26H24ClN3O5S/c27-19-9-11-20(12-10-19)36(34,35)29-16-14-28(15-17-29)23(31)8-3-13-30-25(32)21-6-1-4-18-5-2-7-22(24(18)21)26(30)33/h1-2,4-7,9-12H,3,8,13-17H2. The minimum absolute atomic E-state index is 0.127. The third-order valence-corrected chi connectivity index (χ3v) is 8.84. The van der Waals surface area contributed by atoms with Crippen LogP contribution < -0.4 is 0 Å². The lowest BCUT2D eigenvalue weighted by molar-refractivity contribution is -0.132. The zero-order chi connectivity index (χ0) is 25.4. The quantitative estimate of drug-likeness (QED) is 0.460. The molecule has 1 saturated heterocycles. The monoisotopic (exact) mass is 525 g/mol. The molecule has 0 bridgehead atoms. The average molecular weight is 526 g/mol. The van der Waals surface area contributed by atoms with Crippen LogP contribution in [-0.4, -0.2) is 73.0 Å².